The lowest BCUT2D eigenvalue weighted by atomic mass is 10.0. The summed E-state index contributed by atoms with van der Waals surface area (Å²) < 4.78 is 20.3. The summed E-state index contributed by atoms with van der Waals surface area (Å²) in [6.07, 6.45) is 4.58. The highest BCUT2D eigenvalue weighted by Crippen LogP contribution is 2.45. The van der Waals surface area contributed by atoms with E-state index < -0.39 is 11.9 Å². The molecule has 1 aliphatic carbocycles. The van der Waals surface area contributed by atoms with Crippen LogP contribution in [0.2, 0.25) is 0 Å². The number of H-pyrrole nitrogens is 1. The highest BCUT2D eigenvalue weighted by Gasteiger charge is 2.44. The third-order valence-corrected chi connectivity index (χ3v) is 6.72. The summed E-state index contributed by atoms with van der Waals surface area (Å²) in [4.78, 5) is 31.4. The van der Waals surface area contributed by atoms with Crippen molar-refractivity contribution in [1.29, 1.82) is 0 Å². The monoisotopic (exact) mass is 458 g/mol. The van der Waals surface area contributed by atoms with Gasteiger partial charge in [0.1, 0.15) is 12.4 Å². The number of anilines is 1. The summed E-state index contributed by atoms with van der Waals surface area (Å²) in [5.74, 6) is 0.963. The fourth-order valence-corrected chi connectivity index (χ4v) is 5.00. The van der Waals surface area contributed by atoms with Crippen molar-refractivity contribution in [3.8, 4) is 0 Å². The van der Waals surface area contributed by atoms with Crippen molar-refractivity contribution in [2.75, 3.05) is 31.6 Å². The third-order valence-electron chi connectivity index (χ3n) is 6.72. The zero-order valence-corrected chi connectivity index (χ0v) is 18.2. The van der Waals surface area contributed by atoms with Crippen LogP contribution in [0.5, 0.6) is 0 Å². The van der Waals surface area contributed by atoms with E-state index in [-0.39, 0.29) is 36.0 Å². The Morgan fingerprint density at radius 3 is 2.75 bits per heavy atom. The molecule has 32 heavy (non-hydrogen) atoms. The Morgan fingerprint density at radius 1 is 1.19 bits per heavy atom. The van der Waals surface area contributed by atoms with E-state index in [1.807, 2.05) is 12.3 Å². The molecule has 3 fully saturated rings. The van der Waals surface area contributed by atoms with Crippen molar-refractivity contribution < 1.29 is 18.7 Å². The van der Waals surface area contributed by atoms with Crippen molar-refractivity contribution in [1.82, 2.24) is 14.8 Å². The first-order valence-corrected chi connectivity index (χ1v) is 10.7. The van der Waals surface area contributed by atoms with E-state index in [1.165, 1.54) is 24.4 Å². The quantitative estimate of drug-likeness (QED) is 0.672. The second kappa shape index (κ2) is 7.94. The average Bonchev–Trinajstić information content (AvgIpc) is 3.15. The number of nitrogens with one attached hydrogen (secondary N) is 2. The molecule has 1 aromatic heterocycles. The number of aromatic amines is 1. The van der Waals surface area contributed by atoms with Gasteiger partial charge in [0.2, 0.25) is 0 Å². The molecule has 2 atom stereocenters. The number of nitrogens with zero attached hydrogens (tertiary/aromatic N) is 2. The number of aromatic nitrogens is 1. The predicted molar refractivity (Wildman–Crippen MR) is 120 cm³/mol. The van der Waals surface area contributed by atoms with Crippen LogP contribution in [-0.4, -0.2) is 53.0 Å². The first-order chi connectivity index (χ1) is 15.0. The number of halogens is 2. The molecule has 0 spiro atoms. The molecular formula is C23H24ClFN4O3. The minimum absolute atomic E-state index is 0. The lowest BCUT2D eigenvalue weighted by Crippen LogP contribution is -2.24. The van der Waals surface area contributed by atoms with Gasteiger partial charge in [0, 0.05) is 42.7 Å². The van der Waals surface area contributed by atoms with Crippen molar-refractivity contribution in [2.45, 2.75) is 19.5 Å². The lowest BCUT2D eigenvalue weighted by molar-refractivity contribution is -0.110. The minimum atomic E-state index is -0.482. The molecule has 4 heterocycles. The number of cyclic esters (lactones) is 1. The number of piperidine rings is 1. The number of fused-ring (bicyclic) bond motifs is 2. The van der Waals surface area contributed by atoms with E-state index in [0.29, 0.717) is 24.4 Å². The van der Waals surface area contributed by atoms with Gasteiger partial charge in [-0.05, 0) is 42.0 Å². The number of amides is 2. The Labute approximate surface area is 191 Å². The molecule has 168 valence electrons. The maximum atomic E-state index is 15.4. The van der Waals surface area contributed by atoms with Crippen molar-refractivity contribution in [2.24, 2.45) is 11.8 Å². The average molecular weight is 459 g/mol. The van der Waals surface area contributed by atoms with Crippen LogP contribution < -0.4 is 5.32 Å². The predicted octanol–water partition coefficient (Wildman–Crippen LogP) is 3.47. The van der Waals surface area contributed by atoms with E-state index >= 15 is 4.39 Å². The first-order valence-electron chi connectivity index (χ1n) is 10.7. The second-order valence-corrected chi connectivity index (χ2v) is 8.92. The Bertz CT molecular complexity index is 1120. The zero-order chi connectivity index (χ0) is 21.1. The maximum absolute atomic E-state index is 15.4. The molecule has 2 saturated heterocycles. The van der Waals surface area contributed by atoms with Crippen molar-refractivity contribution >= 4 is 41.7 Å². The van der Waals surface area contributed by atoms with Gasteiger partial charge in [0.25, 0.3) is 5.91 Å². The number of hydrogen-bond donors (Lipinski definition) is 2. The molecule has 0 radical (unpaired) electrons. The molecule has 0 unspecified atom stereocenters. The third kappa shape index (κ3) is 3.67. The van der Waals surface area contributed by atoms with Crippen LogP contribution >= 0.6 is 12.4 Å². The smallest absolute Gasteiger partial charge is 0.410 e. The van der Waals surface area contributed by atoms with Gasteiger partial charge in [0.15, 0.2) is 0 Å². The molecule has 3 aliphatic heterocycles. The number of hydrogen-bond acceptors (Lipinski definition) is 4. The number of carbonyl (C=O) groups is 2. The number of ether oxygens (including phenoxy) is 1. The van der Waals surface area contributed by atoms with E-state index in [4.69, 9.17) is 4.74 Å². The Morgan fingerprint density at radius 2 is 2.00 bits per heavy atom. The normalized spacial score (nSPS) is 24.9. The van der Waals surface area contributed by atoms with E-state index in [9.17, 15) is 9.59 Å². The molecule has 2 N–H and O–H groups in total. The maximum Gasteiger partial charge on any atom is 0.410 e. The summed E-state index contributed by atoms with van der Waals surface area (Å²) in [7, 11) is 0. The summed E-state index contributed by atoms with van der Waals surface area (Å²) in [5.41, 5.74) is 3.28. The Balaban J connectivity index is 0.00000216. The van der Waals surface area contributed by atoms with Gasteiger partial charge in [-0.1, -0.05) is 6.07 Å². The van der Waals surface area contributed by atoms with E-state index in [2.05, 4.69) is 15.2 Å². The van der Waals surface area contributed by atoms with Crippen LogP contribution in [0.1, 0.15) is 28.8 Å². The van der Waals surface area contributed by atoms with E-state index in [0.717, 1.165) is 29.6 Å². The van der Waals surface area contributed by atoms with Gasteiger partial charge in [-0.15, -0.1) is 12.4 Å². The van der Waals surface area contributed by atoms with Crippen LogP contribution in [0.4, 0.5) is 14.9 Å². The SMILES string of the molecule is Cl.O=C1Nc2ccc(CN3CCOC3=O)c(F)c2/C1=C/c1cc(CN2C[C@H]3C[C@H]3C2)c[nH]1. The molecule has 9 heteroatoms. The number of benzene rings is 1. The van der Waals surface area contributed by atoms with Gasteiger partial charge >= 0.3 is 6.09 Å². The Hall–Kier alpha value is -2.84. The largest absolute Gasteiger partial charge is 0.448 e. The van der Waals surface area contributed by atoms with Gasteiger partial charge in [0.05, 0.1) is 24.4 Å². The molecule has 6 rings (SSSR count). The standard InChI is InChI=1S/C23H23FN4O3.ClH/c24-21-14(12-28-3-4-31-23(28)30)1-2-19-20(21)18(22(29)26-19)7-17-5-13(8-25-17)9-27-10-15-6-16(15)11-27;/h1-2,5,7-8,15-16,25H,3-4,6,9-12H2,(H,26,29);1H/b18-7-;/t15-,16+;. The van der Waals surface area contributed by atoms with Crippen molar-refractivity contribution in [3.05, 3.63) is 52.6 Å². The van der Waals surface area contributed by atoms with Crippen LogP contribution in [0, 0.1) is 17.7 Å². The van der Waals surface area contributed by atoms with Gasteiger partial charge in [-0.25, -0.2) is 9.18 Å². The highest BCUT2D eigenvalue weighted by atomic mass is 35.5. The minimum Gasteiger partial charge on any atom is -0.448 e. The fourth-order valence-electron chi connectivity index (χ4n) is 5.00. The molecule has 2 aromatic rings. The summed E-state index contributed by atoms with van der Waals surface area (Å²) >= 11 is 0. The van der Waals surface area contributed by atoms with Crippen molar-refractivity contribution in [3.63, 3.8) is 0 Å². The fraction of sp³-hybridized carbons (Fsp3) is 0.391. The van der Waals surface area contributed by atoms with Crippen LogP contribution in [0.15, 0.2) is 24.4 Å². The van der Waals surface area contributed by atoms with Gasteiger partial charge < -0.3 is 19.9 Å². The van der Waals surface area contributed by atoms with Crippen LogP contribution in [0.25, 0.3) is 11.6 Å². The number of carbonyl (C=O) groups excluding carboxylic acids is 2. The lowest BCUT2D eigenvalue weighted by Gasteiger charge is -2.15. The molecular weight excluding hydrogens is 435 g/mol. The highest BCUT2D eigenvalue weighted by molar-refractivity contribution is 6.35. The van der Waals surface area contributed by atoms with E-state index in [1.54, 1.807) is 18.2 Å². The molecule has 4 aliphatic rings. The molecule has 1 saturated carbocycles. The molecule has 2 amide bonds. The van der Waals surface area contributed by atoms with Gasteiger partial charge in [-0.2, -0.15) is 0 Å². The molecule has 1 aromatic carbocycles. The topological polar surface area (TPSA) is 77.7 Å². The number of rotatable bonds is 5. The Kier molecular flexibility index (Phi) is 5.22. The summed E-state index contributed by atoms with van der Waals surface area (Å²) in [5, 5.41) is 2.74. The molecule has 7 nitrogen and oxygen atoms in total. The summed E-state index contributed by atoms with van der Waals surface area (Å²) in [6.45, 7) is 4.08. The summed E-state index contributed by atoms with van der Waals surface area (Å²) in [6, 6.07) is 5.31. The molecule has 0 bridgehead atoms. The van der Waals surface area contributed by atoms with Gasteiger partial charge in [-0.3, -0.25) is 9.69 Å². The number of likely N-dealkylation sites (tertiary alicyclic amines) is 1. The first kappa shape index (κ1) is 21.0. The second-order valence-electron chi connectivity index (χ2n) is 8.92. The zero-order valence-electron chi connectivity index (χ0n) is 17.4. The van der Waals surface area contributed by atoms with Crippen LogP contribution in [-0.2, 0) is 22.6 Å². The van der Waals surface area contributed by atoms with Crippen LogP contribution in [0.3, 0.4) is 0 Å².